The van der Waals surface area contributed by atoms with Gasteiger partial charge in [-0.05, 0) is 237 Å². The van der Waals surface area contributed by atoms with Crippen LogP contribution in [0.3, 0.4) is 0 Å². The molecule has 0 spiro atoms. The lowest BCUT2D eigenvalue weighted by Crippen LogP contribution is -2.60. The lowest BCUT2D eigenvalue weighted by Gasteiger charge is -2.58. The van der Waals surface area contributed by atoms with Gasteiger partial charge in [0.05, 0.1) is 33.9 Å². The summed E-state index contributed by atoms with van der Waals surface area (Å²) < 4.78 is 0. The molecule has 16 bridgehead atoms. The van der Waals surface area contributed by atoms with Gasteiger partial charge in [-0.2, -0.15) is 0 Å². The topological polar surface area (TPSA) is 48.8 Å². The second-order valence-electron chi connectivity index (χ2n) is 23.0. The Morgan fingerprint density at radius 3 is 0.800 bits per heavy atom. The predicted octanol–water partition coefficient (Wildman–Crippen LogP) is 9.70. The molecule has 16 saturated carbocycles. The number of nitrogens with one attached hydrogen (secondary N) is 2. The summed E-state index contributed by atoms with van der Waals surface area (Å²) in [4.78, 5) is 12.3. The molecule has 0 unspecified atom stereocenters. The fraction of sp³-hybridized carbons (Fsp3) is 0.870. The predicted molar refractivity (Wildman–Crippen MR) is 201 cm³/mol. The zero-order valence-electron chi connectivity index (χ0n) is 30.9. The number of allylic oxidation sites excluding steroid dienone is 2. The van der Waals surface area contributed by atoms with Gasteiger partial charge in [0.1, 0.15) is 0 Å². The summed E-state index contributed by atoms with van der Waals surface area (Å²) in [7, 11) is 0. The van der Waals surface area contributed by atoms with E-state index in [0.29, 0.717) is 0 Å². The molecule has 4 nitrogen and oxygen atoms in total. The minimum Gasteiger partial charge on any atom is -0.378 e. The van der Waals surface area contributed by atoms with Gasteiger partial charge in [-0.15, -0.1) is 0 Å². The van der Waals surface area contributed by atoms with Crippen molar-refractivity contribution >= 4 is 11.4 Å². The average Bonchev–Trinajstić information content (AvgIpc) is 3.00. The van der Waals surface area contributed by atoms with Crippen molar-refractivity contribution in [3.8, 4) is 0 Å². The molecule has 0 heterocycles. The van der Waals surface area contributed by atoms with Gasteiger partial charge in [0.15, 0.2) is 0 Å². The summed E-state index contributed by atoms with van der Waals surface area (Å²) in [5.41, 5.74) is 6.38. The van der Waals surface area contributed by atoms with Crippen LogP contribution in [0.25, 0.3) is 0 Å². The lowest BCUT2D eigenvalue weighted by atomic mass is 9.52. The van der Waals surface area contributed by atoms with Gasteiger partial charge >= 0.3 is 0 Å². The first kappa shape index (κ1) is 29.8. The molecule has 0 aromatic carbocycles. The van der Waals surface area contributed by atoms with Crippen LogP contribution >= 0.6 is 0 Å². The number of rotatable bonds is 6. The zero-order valence-corrected chi connectivity index (χ0v) is 30.9. The molecule has 17 aliphatic rings. The zero-order chi connectivity index (χ0) is 32.5. The Bertz CT molecular complexity index is 1350. The highest BCUT2D eigenvalue weighted by atomic mass is 15.1. The molecule has 268 valence electrons. The summed E-state index contributed by atoms with van der Waals surface area (Å²) >= 11 is 0. The molecule has 0 aromatic rings. The smallest absolute Gasteiger partial charge is 0.0834 e. The normalized spacial score (nSPS) is 58.7. The van der Waals surface area contributed by atoms with E-state index in [2.05, 4.69) is 22.8 Å². The number of hydrogen-bond donors (Lipinski definition) is 2. The summed E-state index contributed by atoms with van der Waals surface area (Å²) in [6.45, 7) is 0. The third-order valence-corrected chi connectivity index (χ3v) is 18.7. The van der Waals surface area contributed by atoms with Crippen molar-refractivity contribution in [3.63, 3.8) is 0 Å². The first-order valence-corrected chi connectivity index (χ1v) is 22.5. The standard InChI is InChI=1S/C46H64N4/c1-27-2-29-3-28(1)16-43(15-27,17-29)47-39-13-41(49-45-21-33-7-34(22-45)9-35(8-33)23-45)42(50-46-24-36-10-37(25-46)12-38(11-36)26-46)14-40(39)48-44-18-30-4-31(19-44)6-32(5-30)20-44/h13-14,27-38,47,50H,1-12,15-26H2. The van der Waals surface area contributed by atoms with E-state index in [4.69, 9.17) is 9.98 Å². The van der Waals surface area contributed by atoms with Crippen LogP contribution in [0.4, 0.5) is 0 Å². The fourth-order valence-electron chi connectivity index (χ4n) is 19.0. The molecule has 2 N–H and O–H groups in total. The molecule has 16 fully saturated rings. The van der Waals surface area contributed by atoms with Crippen molar-refractivity contribution in [1.29, 1.82) is 0 Å². The van der Waals surface area contributed by atoms with Crippen LogP contribution in [0.5, 0.6) is 0 Å². The molecule has 0 amide bonds. The van der Waals surface area contributed by atoms with Crippen molar-refractivity contribution in [1.82, 2.24) is 10.6 Å². The van der Waals surface area contributed by atoms with Crippen LogP contribution in [-0.4, -0.2) is 33.6 Å². The van der Waals surface area contributed by atoms with E-state index >= 15 is 0 Å². The monoisotopic (exact) mass is 673 g/mol. The van der Waals surface area contributed by atoms with Gasteiger partial charge in [0.2, 0.25) is 0 Å². The molecular weight excluding hydrogens is 609 g/mol. The van der Waals surface area contributed by atoms with E-state index in [-0.39, 0.29) is 22.2 Å². The van der Waals surface area contributed by atoms with Gasteiger partial charge in [0, 0.05) is 11.1 Å². The van der Waals surface area contributed by atoms with E-state index in [9.17, 15) is 0 Å². The lowest BCUT2D eigenvalue weighted by molar-refractivity contribution is -0.0146. The van der Waals surface area contributed by atoms with E-state index in [1.54, 1.807) is 0 Å². The molecule has 0 saturated heterocycles. The largest absolute Gasteiger partial charge is 0.378 e. The maximum absolute atomic E-state index is 6.13. The minimum atomic E-state index is 0.184. The molecule has 0 atom stereocenters. The second-order valence-corrected chi connectivity index (χ2v) is 23.0. The average molecular weight is 673 g/mol. The minimum absolute atomic E-state index is 0.184. The van der Waals surface area contributed by atoms with E-state index in [0.717, 1.165) is 71.0 Å². The summed E-state index contributed by atoms with van der Waals surface area (Å²) in [6.07, 6.45) is 39.8. The number of aliphatic imine (C=N–C) groups is 2. The molecule has 0 radical (unpaired) electrons. The Labute approximate surface area is 302 Å². The Balaban J connectivity index is 0.936. The van der Waals surface area contributed by atoms with Crippen molar-refractivity contribution in [3.05, 3.63) is 23.5 Å². The van der Waals surface area contributed by atoms with Crippen LogP contribution in [0.2, 0.25) is 0 Å². The van der Waals surface area contributed by atoms with Crippen LogP contribution < -0.4 is 10.6 Å². The molecule has 50 heavy (non-hydrogen) atoms. The van der Waals surface area contributed by atoms with Crippen molar-refractivity contribution in [2.24, 2.45) is 81.0 Å². The van der Waals surface area contributed by atoms with E-state index in [1.807, 2.05) is 0 Å². The SMILES string of the molecule is C1=C(NC23CC4CC(CC(C4)C2)C3)C(=NC23CC4CC(CC(C4)C2)C3)C=C(NC23CC4CC(CC(C4)C2)C3)C1=NC12CC3CC(CC(C3)C1)C2. The van der Waals surface area contributed by atoms with Crippen molar-refractivity contribution in [2.45, 2.75) is 176 Å². The highest BCUT2D eigenvalue weighted by Gasteiger charge is 2.56. The third-order valence-electron chi connectivity index (χ3n) is 18.7. The highest BCUT2D eigenvalue weighted by Crippen LogP contribution is 2.61. The Hall–Kier alpha value is -1.58. The van der Waals surface area contributed by atoms with E-state index < -0.39 is 0 Å². The third kappa shape index (κ3) is 4.72. The molecule has 17 rings (SSSR count). The Morgan fingerprint density at radius 2 is 0.560 bits per heavy atom. The van der Waals surface area contributed by atoms with Crippen LogP contribution in [-0.2, 0) is 0 Å². The second kappa shape index (κ2) is 10.1. The molecule has 4 heteroatoms. The number of nitrogens with zero attached hydrogens (tertiary/aromatic N) is 2. The summed E-state index contributed by atoms with van der Waals surface area (Å²) in [5.74, 6) is 11.3. The molecule has 0 aliphatic heterocycles. The quantitative estimate of drug-likeness (QED) is 0.276. The van der Waals surface area contributed by atoms with E-state index in [1.165, 1.54) is 177 Å². The molecule has 17 aliphatic carbocycles. The molecule has 0 aromatic heterocycles. The first-order chi connectivity index (χ1) is 24.3. The van der Waals surface area contributed by atoms with Crippen LogP contribution in [0.15, 0.2) is 33.5 Å². The van der Waals surface area contributed by atoms with Gasteiger partial charge in [0.25, 0.3) is 0 Å². The first-order valence-electron chi connectivity index (χ1n) is 22.5. The van der Waals surface area contributed by atoms with Crippen molar-refractivity contribution < 1.29 is 0 Å². The number of hydrogen-bond acceptors (Lipinski definition) is 4. The van der Waals surface area contributed by atoms with Gasteiger partial charge < -0.3 is 10.6 Å². The maximum atomic E-state index is 6.13. The Kier molecular flexibility index (Phi) is 6.04. The maximum Gasteiger partial charge on any atom is 0.0834 e. The highest BCUT2D eigenvalue weighted by molar-refractivity contribution is 6.23. The van der Waals surface area contributed by atoms with Crippen LogP contribution in [0.1, 0.15) is 154 Å². The van der Waals surface area contributed by atoms with Gasteiger partial charge in [-0.25, -0.2) is 0 Å². The molecular formula is C46H64N4. The summed E-state index contributed by atoms with van der Waals surface area (Å²) in [5, 5.41) is 8.98. The van der Waals surface area contributed by atoms with Crippen LogP contribution in [0, 0.1) is 71.0 Å². The summed E-state index contributed by atoms with van der Waals surface area (Å²) in [6, 6.07) is 0. The van der Waals surface area contributed by atoms with Gasteiger partial charge in [-0.3, -0.25) is 9.98 Å². The van der Waals surface area contributed by atoms with Crippen molar-refractivity contribution in [2.75, 3.05) is 0 Å². The van der Waals surface area contributed by atoms with Gasteiger partial charge in [-0.1, -0.05) is 0 Å². The Morgan fingerprint density at radius 1 is 0.340 bits per heavy atom. The fourth-order valence-corrected chi connectivity index (χ4v) is 19.0.